The Morgan fingerprint density at radius 2 is 2.14 bits per heavy atom. The molecule has 1 aromatic rings. The molecule has 3 nitrogen and oxygen atoms in total. The molecule has 0 spiro atoms. The zero-order valence-electron chi connectivity index (χ0n) is 13.4. The highest BCUT2D eigenvalue weighted by Crippen LogP contribution is 2.31. The van der Waals surface area contributed by atoms with E-state index in [4.69, 9.17) is 5.11 Å². The van der Waals surface area contributed by atoms with Crippen LogP contribution >= 0.6 is 11.8 Å². The monoisotopic (exact) mass is 321 g/mol. The Labute approximate surface area is 137 Å². The third-order valence-electron chi connectivity index (χ3n) is 4.49. The number of rotatable bonds is 7. The van der Waals surface area contributed by atoms with E-state index in [0.717, 1.165) is 12.3 Å². The molecular formula is C18H27NO2S. The van der Waals surface area contributed by atoms with Crippen LogP contribution in [0.15, 0.2) is 29.2 Å². The molecule has 1 unspecified atom stereocenters. The summed E-state index contributed by atoms with van der Waals surface area (Å²) in [4.78, 5) is 11.8. The van der Waals surface area contributed by atoms with Gasteiger partial charge in [0.25, 0.3) is 0 Å². The Bertz CT molecular complexity index is 472. The maximum absolute atomic E-state index is 10.5. The second-order valence-electron chi connectivity index (χ2n) is 6.31. The lowest BCUT2D eigenvalue weighted by molar-refractivity contribution is 0.194. The number of carbonyl (C=O) groups is 1. The zero-order chi connectivity index (χ0) is 15.8. The van der Waals surface area contributed by atoms with Gasteiger partial charge in [0, 0.05) is 17.2 Å². The summed E-state index contributed by atoms with van der Waals surface area (Å²) in [7, 11) is 0. The van der Waals surface area contributed by atoms with Gasteiger partial charge in [0.1, 0.15) is 0 Å². The Morgan fingerprint density at radius 3 is 2.86 bits per heavy atom. The predicted molar refractivity (Wildman–Crippen MR) is 92.8 cm³/mol. The van der Waals surface area contributed by atoms with E-state index in [0.29, 0.717) is 12.5 Å². The van der Waals surface area contributed by atoms with Crippen LogP contribution in [0.1, 0.15) is 56.9 Å². The van der Waals surface area contributed by atoms with Gasteiger partial charge in [-0.15, -0.1) is 11.8 Å². The van der Waals surface area contributed by atoms with Gasteiger partial charge in [0.2, 0.25) is 0 Å². The predicted octanol–water partition coefficient (Wildman–Crippen LogP) is 5.12. The van der Waals surface area contributed by atoms with Crippen molar-refractivity contribution in [2.45, 2.75) is 56.3 Å². The highest BCUT2D eigenvalue weighted by molar-refractivity contribution is 7.99. The smallest absolute Gasteiger partial charge is 0.404 e. The number of benzene rings is 1. The van der Waals surface area contributed by atoms with Crippen molar-refractivity contribution in [1.82, 2.24) is 5.32 Å². The Balaban J connectivity index is 1.81. The number of carboxylic acid groups (broad SMARTS) is 1. The SMILES string of the molecule is CC(CCNC(=O)O)c1cccc(SCC2CCCCC2)c1. The lowest BCUT2D eigenvalue weighted by Crippen LogP contribution is -2.22. The minimum atomic E-state index is -0.941. The van der Waals surface area contributed by atoms with E-state index in [1.807, 2.05) is 11.8 Å². The molecule has 1 aliphatic rings. The first-order chi connectivity index (χ1) is 10.6. The van der Waals surface area contributed by atoms with Crippen LogP contribution in [-0.4, -0.2) is 23.5 Å². The van der Waals surface area contributed by atoms with Crippen LogP contribution in [0.3, 0.4) is 0 Å². The van der Waals surface area contributed by atoms with Crippen LogP contribution in [0.25, 0.3) is 0 Å². The number of hydrogen-bond acceptors (Lipinski definition) is 2. The van der Waals surface area contributed by atoms with Crippen LogP contribution in [-0.2, 0) is 0 Å². The molecule has 0 aliphatic heterocycles. The average molecular weight is 321 g/mol. The molecule has 1 saturated carbocycles. The van der Waals surface area contributed by atoms with Crippen molar-refractivity contribution < 1.29 is 9.90 Å². The van der Waals surface area contributed by atoms with Gasteiger partial charge >= 0.3 is 6.09 Å². The van der Waals surface area contributed by atoms with E-state index in [9.17, 15) is 4.79 Å². The van der Waals surface area contributed by atoms with Gasteiger partial charge in [-0.05, 0) is 48.8 Å². The van der Waals surface area contributed by atoms with Gasteiger partial charge < -0.3 is 10.4 Å². The molecule has 0 heterocycles. The molecule has 1 fully saturated rings. The second kappa shape index (κ2) is 9.09. The fourth-order valence-corrected chi connectivity index (χ4v) is 4.20. The summed E-state index contributed by atoms with van der Waals surface area (Å²) in [5.41, 5.74) is 1.31. The molecule has 22 heavy (non-hydrogen) atoms. The molecule has 0 saturated heterocycles. The van der Waals surface area contributed by atoms with Gasteiger partial charge in [0.15, 0.2) is 0 Å². The lowest BCUT2D eigenvalue weighted by atomic mass is 9.91. The van der Waals surface area contributed by atoms with Crippen molar-refractivity contribution in [3.05, 3.63) is 29.8 Å². The maximum atomic E-state index is 10.5. The van der Waals surface area contributed by atoms with Crippen LogP contribution in [0.4, 0.5) is 4.79 Å². The molecule has 122 valence electrons. The van der Waals surface area contributed by atoms with Crippen LogP contribution < -0.4 is 5.32 Å². The minimum absolute atomic E-state index is 0.377. The summed E-state index contributed by atoms with van der Waals surface area (Å²) >= 11 is 1.98. The van der Waals surface area contributed by atoms with E-state index in [1.54, 1.807) is 0 Å². The fraction of sp³-hybridized carbons (Fsp3) is 0.611. The standard InChI is InChI=1S/C18H27NO2S/c1-14(10-11-19-18(20)21)16-8-5-9-17(12-16)22-13-15-6-3-2-4-7-15/h5,8-9,12,14-15,19H,2-4,6-7,10-11,13H2,1H3,(H,20,21). The number of amides is 1. The molecule has 1 amide bonds. The highest BCUT2D eigenvalue weighted by atomic mass is 32.2. The summed E-state index contributed by atoms with van der Waals surface area (Å²) in [6, 6.07) is 8.74. The van der Waals surface area contributed by atoms with Gasteiger partial charge in [-0.1, -0.05) is 38.3 Å². The molecule has 1 atom stereocenters. The van der Waals surface area contributed by atoms with E-state index in [1.165, 1.54) is 48.3 Å². The van der Waals surface area contributed by atoms with Crippen molar-refractivity contribution in [3.8, 4) is 0 Å². The summed E-state index contributed by atoms with van der Waals surface area (Å²) in [5.74, 6) is 2.50. The van der Waals surface area contributed by atoms with Crippen LogP contribution in [0.2, 0.25) is 0 Å². The summed E-state index contributed by atoms with van der Waals surface area (Å²) in [6.45, 7) is 2.67. The third kappa shape index (κ3) is 5.91. The average Bonchev–Trinajstić information content (AvgIpc) is 2.54. The Morgan fingerprint density at radius 1 is 1.36 bits per heavy atom. The van der Waals surface area contributed by atoms with E-state index < -0.39 is 6.09 Å². The van der Waals surface area contributed by atoms with Crippen molar-refractivity contribution in [2.75, 3.05) is 12.3 Å². The molecule has 2 N–H and O–H groups in total. The molecular weight excluding hydrogens is 294 g/mol. The van der Waals surface area contributed by atoms with Crippen molar-refractivity contribution in [2.24, 2.45) is 5.92 Å². The van der Waals surface area contributed by atoms with Gasteiger partial charge in [-0.25, -0.2) is 4.79 Å². The lowest BCUT2D eigenvalue weighted by Gasteiger charge is -2.21. The minimum Gasteiger partial charge on any atom is -0.465 e. The molecule has 1 aliphatic carbocycles. The zero-order valence-corrected chi connectivity index (χ0v) is 14.2. The molecule has 4 heteroatoms. The van der Waals surface area contributed by atoms with Gasteiger partial charge in [-0.3, -0.25) is 0 Å². The Kier molecular flexibility index (Phi) is 7.10. The fourth-order valence-electron chi connectivity index (χ4n) is 3.04. The van der Waals surface area contributed by atoms with Gasteiger partial charge in [-0.2, -0.15) is 0 Å². The first-order valence-electron chi connectivity index (χ1n) is 8.34. The third-order valence-corrected chi connectivity index (χ3v) is 5.72. The molecule has 1 aromatic carbocycles. The van der Waals surface area contributed by atoms with E-state index in [2.05, 4.69) is 36.5 Å². The molecule has 0 bridgehead atoms. The maximum Gasteiger partial charge on any atom is 0.404 e. The normalized spacial score (nSPS) is 17.1. The van der Waals surface area contributed by atoms with E-state index in [-0.39, 0.29) is 0 Å². The number of thioether (sulfide) groups is 1. The number of nitrogens with one attached hydrogen (secondary N) is 1. The first kappa shape index (κ1) is 17.2. The molecule has 2 rings (SSSR count). The summed E-state index contributed by atoms with van der Waals surface area (Å²) < 4.78 is 0. The first-order valence-corrected chi connectivity index (χ1v) is 9.33. The summed E-state index contributed by atoms with van der Waals surface area (Å²) in [5, 5.41) is 11.1. The van der Waals surface area contributed by atoms with Crippen molar-refractivity contribution in [3.63, 3.8) is 0 Å². The van der Waals surface area contributed by atoms with Crippen LogP contribution in [0.5, 0.6) is 0 Å². The van der Waals surface area contributed by atoms with Crippen molar-refractivity contribution >= 4 is 17.9 Å². The quantitative estimate of drug-likeness (QED) is 0.685. The molecule has 0 radical (unpaired) electrons. The summed E-state index contributed by atoms with van der Waals surface area (Å²) in [6.07, 6.45) is 6.90. The number of hydrogen-bond donors (Lipinski definition) is 2. The second-order valence-corrected chi connectivity index (χ2v) is 7.40. The van der Waals surface area contributed by atoms with Gasteiger partial charge in [0.05, 0.1) is 0 Å². The molecule has 0 aromatic heterocycles. The largest absolute Gasteiger partial charge is 0.465 e. The highest BCUT2D eigenvalue weighted by Gasteiger charge is 2.14. The topological polar surface area (TPSA) is 49.3 Å². The van der Waals surface area contributed by atoms with Crippen molar-refractivity contribution in [1.29, 1.82) is 0 Å². The van der Waals surface area contributed by atoms with E-state index >= 15 is 0 Å². The Hall–Kier alpha value is -1.16. The van der Waals surface area contributed by atoms with Crippen LogP contribution in [0, 0.1) is 5.92 Å².